The molecule has 8 heteroatoms. The van der Waals surface area contributed by atoms with Crippen LogP contribution in [-0.4, -0.2) is 25.1 Å². The maximum Gasteiger partial charge on any atom is 0.245 e. The molecule has 0 aromatic carbocycles. The van der Waals surface area contributed by atoms with Gasteiger partial charge in [0.05, 0.1) is 5.69 Å². The Morgan fingerprint density at radius 3 is 2.72 bits per heavy atom. The molecule has 98 valence electrons. The fraction of sp³-hybridized carbons (Fsp3) is 0.400. The van der Waals surface area contributed by atoms with Gasteiger partial charge in [-0.1, -0.05) is 5.16 Å². The molecule has 7 nitrogen and oxygen atoms in total. The lowest BCUT2D eigenvalue weighted by molar-refractivity contribution is 0.390. The van der Waals surface area contributed by atoms with E-state index in [0.29, 0.717) is 17.8 Å². The number of hydrogen-bond donors (Lipinski definition) is 1. The van der Waals surface area contributed by atoms with Gasteiger partial charge in [0, 0.05) is 13.0 Å². The van der Waals surface area contributed by atoms with Crippen LogP contribution in [0, 0.1) is 13.8 Å². The summed E-state index contributed by atoms with van der Waals surface area (Å²) in [6.45, 7) is 3.38. The predicted molar refractivity (Wildman–Crippen MR) is 61.4 cm³/mol. The van der Waals surface area contributed by atoms with Gasteiger partial charge in [-0.15, -0.1) is 0 Å². The van der Waals surface area contributed by atoms with Crippen LogP contribution in [0.4, 0.5) is 0 Å². The van der Waals surface area contributed by atoms with E-state index in [2.05, 4.69) is 14.9 Å². The monoisotopic (exact) mass is 271 g/mol. The lowest BCUT2D eigenvalue weighted by atomic mass is 10.3. The molecule has 2 aromatic heterocycles. The molecule has 1 N–H and O–H groups in total. The van der Waals surface area contributed by atoms with Crippen molar-refractivity contribution in [3.8, 4) is 0 Å². The highest BCUT2D eigenvalue weighted by Crippen LogP contribution is 2.18. The predicted octanol–water partition coefficient (Wildman–Crippen LogP) is 0.800. The molecule has 18 heavy (non-hydrogen) atoms. The first-order chi connectivity index (χ1) is 8.50. The second kappa shape index (κ2) is 4.91. The molecule has 0 atom stereocenters. The van der Waals surface area contributed by atoms with E-state index in [1.807, 2.05) is 0 Å². The Bertz CT molecular complexity index is 596. The van der Waals surface area contributed by atoms with Crippen molar-refractivity contribution in [2.45, 2.75) is 25.2 Å². The van der Waals surface area contributed by atoms with Crippen LogP contribution in [0.3, 0.4) is 0 Å². The standard InChI is InChI=1S/C10H13N3O4S/c1-7-10(8(2)17-13-7)18(14,15)12-4-3-9-5-16-6-11-9/h5-6,12H,3-4H2,1-2H3. The average Bonchev–Trinajstić information content (AvgIpc) is 2.89. The first kappa shape index (κ1) is 12.8. The molecule has 2 aromatic rings. The van der Waals surface area contributed by atoms with Crippen molar-refractivity contribution >= 4 is 10.0 Å². The van der Waals surface area contributed by atoms with Gasteiger partial charge in [-0.2, -0.15) is 0 Å². The number of nitrogens with one attached hydrogen (secondary N) is 1. The quantitative estimate of drug-likeness (QED) is 0.863. The van der Waals surface area contributed by atoms with Crippen LogP contribution in [0.25, 0.3) is 0 Å². The van der Waals surface area contributed by atoms with Gasteiger partial charge in [-0.25, -0.2) is 18.1 Å². The molecule has 0 fully saturated rings. The molecule has 0 bridgehead atoms. The van der Waals surface area contributed by atoms with Crippen molar-refractivity contribution in [3.63, 3.8) is 0 Å². The highest BCUT2D eigenvalue weighted by Gasteiger charge is 2.23. The molecule has 0 aliphatic carbocycles. The minimum atomic E-state index is -3.60. The van der Waals surface area contributed by atoms with Crippen molar-refractivity contribution < 1.29 is 17.4 Å². The van der Waals surface area contributed by atoms with E-state index in [9.17, 15) is 8.42 Å². The summed E-state index contributed by atoms with van der Waals surface area (Å²) in [4.78, 5) is 4.00. The summed E-state index contributed by atoms with van der Waals surface area (Å²) in [5.74, 6) is 0.279. The molecule has 2 rings (SSSR count). The Morgan fingerprint density at radius 1 is 1.39 bits per heavy atom. The van der Waals surface area contributed by atoms with Crippen LogP contribution in [0.2, 0.25) is 0 Å². The Kier molecular flexibility index (Phi) is 3.48. The summed E-state index contributed by atoms with van der Waals surface area (Å²) < 4.78 is 36.1. The molecule has 0 saturated carbocycles. The Balaban J connectivity index is 2.04. The number of aromatic nitrogens is 2. The van der Waals surface area contributed by atoms with Gasteiger partial charge in [-0.05, 0) is 13.8 Å². The molecule has 0 saturated heterocycles. The van der Waals surface area contributed by atoms with Crippen LogP contribution >= 0.6 is 0 Å². The maximum atomic E-state index is 12.0. The van der Waals surface area contributed by atoms with Crippen LogP contribution < -0.4 is 4.72 Å². The van der Waals surface area contributed by atoms with Crippen molar-refractivity contribution in [3.05, 3.63) is 29.8 Å². The molecule has 0 aliphatic rings. The fourth-order valence-electron chi connectivity index (χ4n) is 1.60. The molecular formula is C10H13N3O4S. The van der Waals surface area contributed by atoms with E-state index in [4.69, 9.17) is 8.94 Å². The fourth-order valence-corrected chi connectivity index (χ4v) is 2.96. The number of aryl methyl sites for hydroxylation is 2. The Labute approximate surface area is 104 Å². The van der Waals surface area contributed by atoms with Crippen molar-refractivity contribution in [2.24, 2.45) is 0 Å². The van der Waals surface area contributed by atoms with E-state index in [1.54, 1.807) is 13.8 Å². The SMILES string of the molecule is Cc1noc(C)c1S(=O)(=O)NCCc1cocn1. The minimum absolute atomic E-state index is 0.0997. The van der Waals surface area contributed by atoms with Crippen molar-refractivity contribution in [1.29, 1.82) is 0 Å². The van der Waals surface area contributed by atoms with Gasteiger partial charge < -0.3 is 8.94 Å². The van der Waals surface area contributed by atoms with E-state index >= 15 is 0 Å². The summed E-state index contributed by atoms with van der Waals surface area (Å²) >= 11 is 0. The van der Waals surface area contributed by atoms with E-state index in [1.165, 1.54) is 12.7 Å². The van der Waals surface area contributed by atoms with Gasteiger partial charge in [0.15, 0.2) is 12.2 Å². The third kappa shape index (κ3) is 2.59. The number of rotatable bonds is 5. The summed E-state index contributed by atoms with van der Waals surface area (Å²) in [5.41, 5.74) is 1.04. The second-order valence-electron chi connectivity index (χ2n) is 3.78. The average molecular weight is 271 g/mol. The highest BCUT2D eigenvalue weighted by molar-refractivity contribution is 7.89. The molecule has 2 heterocycles. The first-order valence-corrected chi connectivity index (χ1v) is 6.78. The number of oxazole rings is 1. The lowest BCUT2D eigenvalue weighted by Crippen LogP contribution is -2.26. The summed E-state index contributed by atoms with van der Waals surface area (Å²) in [7, 11) is -3.60. The Morgan fingerprint density at radius 2 is 2.17 bits per heavy atom. The molecule has 0 radical (unpaired) electrons. The molecule has 0 aliphatic heterocycles. The van der Waals surface area contributed by atoms with Gasteiger partial charge >= 0.3 is 0 Å². The number of nitrogens with zero attached hydrogens (tertiary/aromatic N) is 2. The van der Waals surface area contributed by atoms with E-state index in [0.717, 1.165) is 0 Å². The normalized spacial score (nSPS) is 11.9. The largest absolute Gasteiger partial charge is 0.451 e. The second-order valence-corrected chi connectivity index (χ2v) is 5.48. The third-order valence-electron chi connectivity index (χ3n) is 2.39. The number of sulfonamides is 1. The lowest BCUT2D eigenvalue weighted by Gasteiger charge is -2.04. The summed E-state index contributed by atoms with van der Waals surface area (Å²) in [6, 6.07) is 0. The van der Waals surface area contributed by atoms with E-state index < -0.39 is 10.0 Å². The Hall–Kier alpha value is -1.67. The molecular weight excluding hydrogens is 258 g/mol. The maximum absolute atomic E-state index is 12.0. The van der Waals surface area contributed by atoms with Crippen LogP contribution in [-0.2, 0) is 16.4 Å². The zero-order valence-electron chi connectivity index (χ0n) is 10.0. The van der Waals surface area contributed by atoms with Gasteiger partial charge in [0.25, 0.3) is 0 Å². The summed E-state index contributed by atoms with van der Waals surface area (Å²) in [5, 5.41) is 3.62. The van der Waals surface area contributed by atoms with Gasteiger partial charge in [0.1, 0.15) is 16.9 Å². The third-order valence-corrected chi connectivity index (χ3v) is 4.10. The first-order valence-electron chi connectivity index (χ1n) is 5.30. The smallest absolute Gasteiger partial charge is 0.245 e. The molecule has 0 amide bonds. The zero-order chi connectivity index (χ0) is 13.2. The van der Waals surface area contributed by atoms with Crippen molar-refractivity contribution in [2.75, 3.05) is 6.54 Å². The van der Waals surface area contributed by atoms with Gasteiger partial charge in [-0.3, -0.25) is 0 Å². The molecule has 0 unspecified atom stereocenters. The summed E-state index contributed by atoms with van der Waals surface area (Å²) in [6.07, 6.45) is 3.24. The topological polar surface area (TPSA) is 98.2 Å². The minimum Gasteiger partial charge on any atom is -0.451 e. The highest BCUT2D eigenvalue weighted by atomic mass is 32.2. The van der Waals surface area contributed by atoms with E-state index in [-0.39, 0.29) is 17.2 Å². The van der Waals surface area contributed by atoms with Crippen LogP contribution in [0.15, 0.2) is 26.5 Å². The molecule has 0 spiro atoms. The van der Waals surface area contributed by atoms with Crippen LogP contribution in [0.5, 0.6) is 0 Å². The van der Waals surface area contributed by atoms with Gasteiger partial charge in [0.2, 0.25) is 10.0 Å². The van der Waals surface area contributed by atoms with Crippen LogP contribution in [0.1, 0.15) is 17.1 Å². The zero-order valence-corrected chi connectivity index (χ0v) is 10.8. The van der Waals surface area contributed by atoms with Crippen molar-refractivity contribution in [1.82, 2.24) is 14.9 Å². The number of hydrogen-bond acceptors (Lipinski definition) is 6.